The molecule has 0 radical (unpaired) electrons. The van der Waals surface area contributed by atoms with Gasteiger partial charge in [0.1, 0.15) is 5.52 Å². The van der Waals surface area contributed by atoms with Crippen molar-refractivity contribution in [1.82, 2.24) is 15.3 Å². The van der Waals surface area contributed by atoms with Crippen LogP contribution >= 0.6 is 0 Å². The number of methoxy groups -OCH3 is 1. The Balaban J connectivity index is 1.53. The first-order valence-corrected chi connectivity index (χ1v) is 9.45. The van der Waals surface area contributed by atoms with Crippen molar-refractivity contribution >= 4 is 17.0 Å². The maximum atomic E-state index is 12.6. The number of fused-ring (bicyclic) bond motifs is 1. The third-order valence-corrected chi connectivity index (χ3v) is 5.03. The molecule has 0 saturated heterocycles. The predicted octanol–water partition coefficient (Wildman–Crippen LogP) is 4.35. The second-order valence-corrected chi connectivity index (χ2v) is 6.95. The van der Waals surface area contributed by atoms with Gasteiger partial charge in [-0.25, -0.2) is 9.97 Å². The first kappa shape index (κ1) is 17.5. The number of oxazole rings is 1. The molecule has 1 fully saturated rings. The summed E-state index contributed by atoms with van der Waals surface area (Å²) in [6, 6.07) is 9.24. The standard InChI is InChI=1S/C21H23N3O3/c1-26-19-11-9-15(13-22-19)21-24-17-12-14(8-10-18(17)27-21)20(25)23-16-6-4-2-3-5-7-16/h8-13,16H,2-7H2,1H3,(H,23,25). The zero-order chi connectivity index (χ0) is 18.6. The fourth-order valence-corrected chi connectivity index (χ4v) is 3.51. The van der Waals surface area contributed by atoms with Crippen LogP contribution in [0.15, 0.2) is 40.9 Å². The number of pyridine rings is 1. The fourth-order valence-electron chi connectivity index (χ4n) is 3.51. The Labute approximate surface area is 158 Å². The number of carbonyl (C=O) groups excluding carboxylic acids is 1. The van der Waals surface area contributed by atoms with E-state index >= 15 is 0 Å². The number of amides is 1. The van der Waals surface area contributed by atoms with Crippen LogP contribution in [0.4, 0.5) is 0 Å². The van der Waals surface area contributed by atoms with Crippen LogP contribution in [0.25, 0.3) is 22.6 Å². The van der Waals surface area contributed by atoms with Crippen LogP contribution in [-0.2, 0) is 0 Å². The van der Waals surface area contributed by atoms with Gasteiger partial charge in [-0.05, 0) is 37.1 Å². The van der Waals surface area contributed by atoms with Crippen molar-refractivity contribution in [3.8, 4) is 17.3 Å². The van der Waals surface area contributed by atoms with Crippen LogP contribution in [0.2, 0.25) is 0 Å². The number of nitrogens with zero attached hydrogens (tertiary/aromatic N) is 2. The van der Waals surface area contributed by atoms with E-state index in [0.29, 0.717) is 28.4 Å². The van der Waals surface area contributed by atoms with Crippen LogP contribution in [0.1, 0.15) is 48.9 Å². The smallest absolute Gasteiger partial charge is 0.251 e. The zero-order valence-electron chi connectivity index (χ0n) is 15.4. The highest BCUT2D eigenvalue weighted by molar-refractivity contribution is 5.97. The fraction of sp³-hybridized carbons (Fsp3) is 0.381. The molecular weight excluding hydrogens is 342 g/mol. The first-order chi connectivity index (χ1) is 13.2. The topological polar surface area (TPSA) is 77.2 Å². The van der Waals surface area contributed by atoms with E-state index in [9.17, 15) is 4.79 Å². The molecule has 4 rings (SSSR count). The molecule has 1 N–H and O–H groups in total. The van der Waals surface area contributed by atoms with Crippen molar-refractivity contribution in [2.45, 2.75) is 44.6 Å². The predicted molar refractivity (Wildman–Crippen MR) is 103 cm³/mol. The molecule has 0 spiro atoms. The quantitative estimate of drug-likeness (QED) is 0.696. The molecule has 1 saturated carbocycles. The molecule has 6 nitrogen and oxygen atoms in total. The molecule has 0 bridgehead atoms. The van der Waals surface area contributed by atoms with Crippen LogP contribution in [0.3, 0.4) is 0 Å². The summed E-state index contributed by atoms with van der Waals surface area (Å²) in [6.07, 6.45) is 8.68. The Bertz CT molecular complexity index is 925. The van der Waals surface area contributed by atoms with E-state index in [1.54, 1.807) is 37.6 Å². The molecule has 6 heteroatoms. The molecule has 0 unspecified atom stereocenters. The third kappa shape index (κ3) is 3.94. The molecule has 2 heterocycles. The van der Waals surface area contributed by atoms with Crippen molar-refractivity contribution < 1.29 is 13.9 Å². The lowest BCUT2D eigenvalue weighted by atomic mass is 10.1. The highest BCUT2D eigenvalue weighted by Gasteiger charge is 2.17. The lowest BCUT2D eigenvalue weighted by Gasteiger charge is -2.16. The summed E-state index contributed by atoms with van der Waals surface area (Å²) in [6.45, 7) is 0. The molecule has 2 aromatic heterocycles. The number of aromatic nitrogens is 2. The average molecular weight is 365 g/mol. The van der Waals surface area contributed by atoms with Gasteiger partial charge >= 0.3 is 0 Å². The van der Waals surface area contributed by atoms with E-state index in [1.807, 2.05) is 6.07 Å². The normalized spacial score (nSPS) is 15.4. The van der Waals surface area contributed by atoms with Gasteiger partial charge in [0, 0.05) is 23.9 Å². The van der Waals surface area contributed by atoms with Crippen LogP contribution in [0.5, 0.6) is 5.88 Å². The molecule has 140 valence electrons. The van der Waals surface area contributed by atoms with Crippen molar-refractivity contribution in [3.63, 3.8) is 0 Å². The van der Waals surface area contributed by atoms with Crippen LogP contribution in [-0.4, -0.2) is 29.0 Å². The summed E-state index contributed by atoms with van der Waals surface area (Å²) in [7, 11) is 1.57. The Kier molecular flexibility index (Phi) is 5.05. The highest BCUT2D eigenvalue weighted by Crippen LogP contribution is 2.25. The van der Waals surface area contributed by atoms with Crippen LogP contribution in [0, 0.1) is 0 Å². The van der Waals surface area contributed by atoms with Crippen molar-refractivity contribution in [2.24, 2.45) is 0 Å². The van der Waals surface area contributed by atoms with E-state index in [-0.39, 0.29) is 11.9 Å². The number of hydrogen-bond donors (Lipinski definition) is 1. The van der Waals surface area contributed by atoms with Crippen LogP contribution < -0.4 is 10.1 Å². The summed E-state index contributed by atoms with van der Waals surface area (Å²) in [5.74, 6) is 0.966. The number of carbonyl (C=O) groups is 1. The monoisotopic (exact) mass is 365 g/mol. The average Bonchev–Trinajstić information content (AvgIpc) is 2.97. The van der Waals surface area contributed by atoms with E-state index in [1.165, 1.54) is 25.7 Å². The molecule has 0 aliphatic heterocycles. The van der Waals surface area contributed by atoms with Crippen molar-refractivity contribution in [1.29, 1.82) is 0 Å². The summed E-state index contributed by atoms with van der Waals surface area (Å²) < 4.78 is 10.9. The third-order valence-electron chi connectivity index (χ3n) is 5.03. The molecule has 1 amide bonds. The molecule has 27 heavy (non-hydrogen) atoms. The molecule has 1 aliphatic carbocycles. The van der Waals surface area contributed by atoms with Gasteiger partial charge in [0.05, 0.1) is 12.7 Å². The Morgan fingerprint density at radius 3 is 2.67 bits per heavy atom. The lowest BCUT2D eigenvalue weighted by Crippen LogP contribution is -2.34. The largest absolute Gasteiger partial charge is 0.481 e. The van der Waals surface area contributed by atoms with Crippen molar-refractivity contribution in [2.75, 3.05) is 7.11 Å². The minimum atomic E-state index is -0.0422. The van der Waals surface area contributed by atoms with E-state index in [0.717, 1.165) is 18.4 Å². The van der Waals surface area contributed by atoms with Gasteiger partial charge < -0.3 is 14.5 Å². The molecule has 0 atom stereocenters. The van der Waals surface area contributed by atoms with Gasteiger partial charge in [-0.2, -0.15) is 0 Å². The maximum absolute atomic E-state index is 12.6. The summed E-state index contributed by atoms with van der Waals surface area (Å²) in [5.41, 5.74) is 2.68. The number of rotatable bonds is 4. The minimum Gasteiger partial charge on any atom is -0.481 e. The van der Waals surface area contributed by atoms with Crippen molar-refractivity contribution in [3.05, 3.63) is 42.1 Å². The number of hydrogen-bond acceptors (Lipinski definition) is 5. The lowest BCUT2D eigenvalue weighted by molar-refractivity contribution is 0.0933. The highest BCUT2D eigenvalue weighted by atomic mass is 16.5. The van der Waals surface area contributed by atoms with E-state index < -0.39 is 0 Å². The number of ether oxygens (including phenoxy) is 1. The molecule has 1 aliphatic rings. The second kappa shape index (κ2) is 7.78. The Morgan fingerprint density at radius 2 is 1.96 bits per heavy atom. The minimum absolute atomic E-state index is 0.0422. The number of benzene rings is 1. The summed E-state index contributed by atoms with van der Waals surface area (Å²) in [4.78, 5) is 21.3. The first-order valence-electron chi connectivity index (χ1n) is 9.45. The molecule has 3 aromatic rings. The van der Waals surface area contributed by atoms with Gasteiger partial charge in [-0.3, -0.25) is 4.79 Å². The van der Waals surface area contributed by atoms with E-state index in [4.69, 9.17) is 9.15 Å². The van der Waals surface area contributed by atoms with E-state index in [2.05, 4.69) is 15.3 Å². The zero-order valence-corrected chi connectivity index (χ0v) is 15.4. The summed E-state index contributed by atoms with van der Waals surface area (Å²) >= 11 is 0. The van der Waals surface area contributed by atoms with Gasteiger partial charge in [0.2, 0.25) is 11.8 Å². The van der Waals surface area contributed by atoms with Gasteiger partial charge in [-0.1, -0.05) is 25.7 Å². The maximum Gasteiger partial charge on any atom is 0.251 e. The molecular formula is C21H23N3O3. The van der Waals surface area contributed by atoms with Gasteiger partial charge in [-0.15, -0.1) is 0 Å². The molecule has 1 aromatic carbocycles. The number of nitrogens with one attached hydrogen (secondary N) is 1. The van der Waals surface area contributed by atoms with Gasteiger partial charge in [0.25, 0.3) is 5.91 Å². The van der Waals surface area contributed by atoms with Gasteiger partial charge in [0.15, 0.2) is 5.58 Å². The Hall–Kier alpha value is -2.89. The Morgan fingerprint density at radius 1 is 1.15 bits per heavy atom. The SMILES string of the molecule is COc1ccc(-c2nc3cc(C(=O)NC4CCCCCC4)ccc3o2)cn1. The second-order valence-electron chi connectivity index (χ2n) is 6.95. The summed E-state index contributed by atoms with van der Waals surface area (Å²) in [5, 5.41) is 3.17.